The first-order valence-corrected chi connectivity index (χ1v) is 12.5. The lowest BCUT2D eigenvalue weighted by atomic mass is 9.94. The highest BCUT2D eigenvalue weighted by Gasteiger charge is 2.46. The van der Waals surface area contributed by atoms with Crippen molar-refractivity contribution in [1.29, 1.82) is 0 Å². The number of hydrogen-bond donors (Lipinski definition) is 2. The van der Waals surface area contributed by atoms with Crippen LogP contribution < -0.4 is 10.2 Å². The van der Waals surface area contributed by atoms with Gasteiger partial charge in [-0.05, 0) is 44.2 Å². The summed E-state index contributed by atoms with van der Waals surface area (Å²) < 4.78 is 32.0. The molecule has 3 fully saturated rings. The summed E-state index contributed by atoms with van der Waals surface area (Å²) in [4.78, 5) is 11.4. The number of anilines is 1. The summed E-state index contributed by atoms with van der Waals surface area (Å²) in [6.45, 7) is 0. The standard InChI is InChI=1S/C26H30F2N6O/c1-33-14-15(11-31-33)18-10-24(35)19(9-20(18)27)22-12-30-25(13-29-22)34(17-4-2-3-5-17)23-8-16-6-7-21(32-16)26(23)28/h9-14,16-17,21,23,26,32,35H,2-8H2,1H3/t16-,21+,23-,26+/m0/s1. The summed E-state index contributed by atoms with van der Waals surface area (Å²) in [5.41, 5.74) is 1.49. The van der Waals surface area contributed by atoms with Crippen LogP contribution in [0.2, 0.25) is 0 Å². The number of piperidine rings is 1. The predicted octanol–water partition coefficient (Wildman–Crippen LogP) is 4.37. The lowest BCUT2D eigenvalue weighted by molar-refractivity contribution is 0.166. The first-order valence-electron chi connectivity index (χ1n) is 12.5. The molecule has 4 heterocycles. The van der Waals surface area contributed by atoms with Crippen LogP contribution in [-0.2, 0) is 7.05 Å². The van der Waals surface area contributed by atoms with Crippen molar-refractivity contribution >= 4 is 5.82 Å². The molecule has 2 saturated heterocycles. The summed E-state index contributed by atoms with van der Waals surface area (Å²) in [6, 6.07) is 2.96. The molecule has 6 rings (SSSR count). The second-order valence-electron chi connectivity index (χ2n) is 10.2. The smallest absolute Gasteiger partial charge is 0.147 e. The second-order valence-corrected chi connectivity index (χ2v) is 10.2. The number of alkyl halides is 1. The van der Waals surface area contributed by atoms with E-state index in [0.29, 0.717) is 23.1 Å². The van der Waals surface area contributed by atoms with Crippen LogP contribution in [0.3, 0.4) is 0 Å². The zero-order valence-corrected chi connectivity index (χ0v) is 19.7. The molecular formula is C26H30F2N6O. The van der Waals surface area contributed by atoms with Gasteiger partial charge in [0.2, 0.25) is 0 Å². The molecule has 3 aromatic rings. The van der Waals surface area contributed by atoms with Crippen LogP contribution in [0.25, 0.3) is 22.4 Å². The summed E-state index contributed by atoms with van der Waals surface area (Å²) >= 11 is 0. The highest BCUT2D eigenvalue weighted by atomic mass is 19.1. The van der Waals surface area contributed by atoms with Crippen LogP contribution >= 0.6 is 0 Å². The number of halogens is 2. The molecule has 2 bridgehead atoms. The number of fused-ring (bicyclic) bond motifs is 2. The van der Waals surface area contributed by atoms with Gasteiger partial charge in [-0.15, -0.1) is 0 Å². The van der Waals surface area contributed by atoms with Crippen molar-refractivity contribution in [2.45, 2.75) is 75.3 Å². The normalized spacial score (nSPS) is 26.4. The Morgan fingerprint density at radius 3 is 2.60 bits per heavy atom. The average molecular weight is 481 g/mol. The predicted molar refractivity (Wildman–Crippen MR) is 129 cm³/mol. The maximum absolute atomic E-state index is 15.5. The first-order chi connectivity index (χ1) is 17.0. The van der Waals surface area contributed by atoms with E-state index in [9.17, 15) is 9.50 Å². The largest absolute Gasteiger partial charge is 0.507 e. The molecule has 1 aromatic carbocycles. The van der Waals surface area contributed by atoms with Crippen molar-refractivity contribution in [2.24, 2.45) is 7.05 Å². The maximum atomic E-state index is 15.5. The Balaban J connectivity index is 1.31. The quantitative estimate of drug-likeness (QED) is 0.565. The molecule has 2 aliphatic heterocycles. The molecule has 35 heavy (non-hydrogen) atoms. The van der Waals surface area contributed by atoms with Gasteiger partial charge in [0.25, 0.3) is 0 Å². The molecule has 3 aliphatic rings. The van der Waals surface area contributed by atoms with Crippen LogP contribution in [0.4, 0.5) is 14.6 Å². The highest BCUT2D eigenvalue weighted by Crippen LogP contribution is 2.39. The molecule has 7 nitrogen and oxygen atoms in total. The Kier molecular flexibility index (Phi) is 5.67. The third-order valence-electron chi connectivity index (χ3n) is 7.91. The lowest BCUT2D eigenvalue weighted by Crippen LogP contribution is -2.58. The molecule has 0 unspecified atom stereocenters. The Bertz CT molecular complexity index is 1210. The molecule has 2 N–H and O–H groups in total. The fourth-order valence-corrected chi connectivity index (χ4v) is 6.20. The van der Waals surface area contributed by atoms with Gasteiger partial charge in [0.05, 0.1) is 30.3 Å². The third kappa shape index (κ3) is 4.05. The number of aromatic hydroxyl groups is 1. The van der Waals surface area contributed by atoms with Crippen molar-refractivity contribution in [2.75, 3.05) is 4.90 Å². The van der Waals surface area contributed by atoms with E-state index < -0.39 is 12.0 Å². The van der Waals surface area contributed by atoms with Crippen molar-refractivity contribution in [3.63, 3.8) is 0 Å². The number of rotatable bonds is 5. The Morgan fingerprint density at radius 1 is 1.06 bits per heavy atom. The minimum absolute atomic E-state index is 0.0845. The number of aromatic nitrogens is 4. The first kappa shape index (κ1) is 22.4. The minimum atomic E-state index is -0.950. The van der Waals surface area contributed by atoms with Crippen LogP contribution in [0.15, 0.2) is 36.9 Å². The van der Waals surface area contributed by atoms with Crippen LogP contribution in [-0.4, -0.2) is 55.2 Å². The average Bonchev–Trinajstić information content (AvgIpc) is 3.61. The summed E-state index contributed by atoms with van der Waals surface area (Å²) in [5.74, 6) is 0.0926. The highest BCUT2D eigenvalue weighted by molar-refractivity contribution is 5.74. The van der Waals surface area contributed by atoms with Crippen molar-refractivity contribution in [1.82, 2.24) is 25.1 Å². The van der Waals surface area contributed by atoms with E-state index in [4.69, 9.17) is 0 Å². The fraction of sp³-hybridized carbons (Fsp3) is 0.500. The second kappa shape index (κ2) is 8.86. The molecule has 1 aliphatic carbocycles. The fourth-order valence-electron chi connectivity index (χ4n) is 6.20. The number of nitrogens with zero attached hydrogens (tertiary/aromatic N) is 5. The number of phenolic OH excluding ortho intramolecular Hbond substituents is 1. The molecule has 0 radical (unpaired) electrons. The Labute approximate surface area is 203 Å². The van der Waals surface area contributed by atoms with Crippen molar-refractivity contribution in [3.8, 4) is 28.1 Å². The molecule has 0 amide bonds. The third-order valence-corrected chi connectivity index (χ3v) is 7.91. The number of aryl methyl sites for hydroxylation is 1. The molecular weight excluding hydrogens is 450 g/mol. The molecule has 0 spiro atoms. The van der Waals surface area contributed by atoms with Gasteiger partial charge in [0.1, 0.15) is 23.6 Å². The summed E-state index contributed by atoms with van der Waals surface area (Å²) in [7, 11) is 1.75. The number of hydrogen-bond acceptors (Lipinski definition) is 6. The van der Waals surface area contributed by atoms with Gasteiger partial charge in [0, 0.05) is 48.1 Å². The SMILES string of the molecule is Cn1cc(-c2cc(O)c(-c3cnc(N(C4CCCC4)[C@H]4C[C@@H]5CC[C@@H](N5)[C@H]4F)cn3)cc2F)cn1. The van der Waals surface area contributed by atoms with Gasteiger partial charge in [-0.3, -0.25) is 9.67 Å². The zero-order valence-electron chi connectivity index (χ0n) is 19.7. The molecule has 1 saturated carbocycles. The topological polar surface area (TPSA) is 79.1 Å². The van der Waals surface area contributed by atoms with E-state index >= 15 is 4.39 Å². The van der Waals surface area contributed by atoms with Gasteiger partial charge >= 0.3 is 0 Å². The van der Waals surface area contributed by atoms with Crippen LogP contribution in [0.5, 0.6) is 5.75 Å². The van der Waals surface area contributed by atoms with Gasteiger partial charge in [-0.1, -0.05) is 12.8 Å². The van der Waals surface area contributed by atoms with E-state index in [1.54, 1.807) is 36.5 Å². The number of phenols is 1. The molecule has 4 atom stereocenters. The molecule has 2 aromatic heterocycles. The van der Waals surface area contributed by atoms with Crippen molar-refractivity contribution in [3.05, 3.63) is 42.7 Å². The van der Waals surface area contributed by atoms with E-state index in [2.05, 4.69) is 25.3 Å². The van der Waals surface area contributed by atoms with E-state index in [1.807, 2.05) is 0 Å². The zero-order chi connectivity index (χ0) is 24.1. The number of nitrogens with one attached hydrogen (secondary N) is 1. The Hall–Kier alpha value is -3.07. The number of benzene rings is 1. The van der Waals surface area contributed by atoms with Crippen LogP contribution in [0, 0.1) is 5.82 Å². The van der Waals surface area contributed by atoms with E-state index in [0.717, 1.165) is 44.9 Å². The lowest BCUT2D eigenvalue weighted by Gasteiger charge is -2.43. The minimum Gasteiger partial charge on any atom is -0.507 e. The maximum Gasteiger partial charge on any atom is 0.147 e. The Morgan fingerprint density at radius 2 is 1.89 bits per heavy atom. The summed E-state index contributed by atoms with van der Waals surface area (Å²) in [5, 5.41) is 18.2. The molecule has 9 heteroatoms. The van der Waals surface area contributed by atoms with Gasteiger partial charge in [0.15, 0.2) is 0 Å². The van der Waals surface area contributed by atoms with Crippen LogP contribution in [0.1, 0.15) is 44.9 Å². The van der Waals surface area contributed by atoms with Gasteiger partial charge in [-0.2, -0.15) is 5.10 Å². The van der Waals surface area contributed by atoms with Crippen molar-refractivity contribution < 1.29 is 13.9 Å². The summed E-state index contributed by atoms with van der Waals surface area (Å²) in [6.07, 6.45) is 12.5. The molecule has 184 valence electrons. The van der Waals surface area contributed by atoms with E-state index in [-0.39, 0.29) is 35.0 Å². The van der Waals surface area contributed by atoms with Gasteiger partial charge in [-0.25, -0.2) is 13.8 Å². The monoisotopic (exact) mass is 480 g/mol. The van der Waals surface area contributed by atoms with Gasteiger partial charge < -0.3 is 15.3 Å². The van der Waals surface area contributed by atoms with E-state index in [1.165, 1.54) is 12.1 Å².